The number of likely N-dealkylation sites (tertiary alicyclic amines) is 1. The molecule has 31 heavy (non-hydrogen) atoms. The lowest BCUT2D eigenvalue weighted by molar-refractivity contribution is -0.139. The second kappa shape index (κ2) is 8.49. The number of hydrogen-bond acceptors (Lipinski definition) is 4. The van der Waals surface area contributed by atoms with Gasteiger partial charge in [0.25, 0.3) is 0 Å². The number of carbonyl (C=O) groups excluding carboxylic acids is 3. The molecule has 2 saturated heterocycles. The third kappa shape index (κ3) is 4.53. The van der Waals surface area contributed by atoms with Crippen molar-refractivity contribution in [2.45, 2.75) is 62.7 Å². The zero-order chi connectivity index (χ0) is 22.3. The van der Waals surface area contributed by atoms with Crippen molar-refractivity contribution in [1.82, 2.24) is 15.5 Å². The van der Waals surface area contributed by atoms with Gasteiger partial charge in [-0.2, -0.15) is 0 Å². The third-order valence-corrected chi connectivity index (χ3v) is 6.42. The minimum Gasteiger partial charge on any atom is -0.368 e. The van der Waals surface area contributed by atoms with Crippen molar-refractivity contribution in [2.24, 2.45) is 11.7 Å². The quantitative estimate of drug-likeness (QED) is 0.547. The van der Waals surface area contributed by atoms with Gasteiger partial charge in [0.2, 0.25) is 17.7 Å². The maximum absolute atomic E-state index is 14.2. The molecule has 3 aliphatic rings. The molecule has 2 aliphatic heterocycles. The first-order chi connectivity index (χ1) is 14.7. The van der Waals surface area contributed by atoms with Gasteiger partial charge < -0.3 is 21.3 Å². The smallest absolute Gasteiger partial charge is 0.240 e. The van der Waals surface area contributed by atoms with Crippen molar-refractivity contribution in [3.63, 3.8) is 0 Å². The maximum atomic E-state index is 14.2. The Hall–Kier alpha value is -2.62. The van der Waals surface area contributed by atoms with Crippen molar-refractivity contribution in [3.05, 3.63) is 35.1 Å². The normalized spacial score (nSPS) is 27.6. The largest absolute Gasteiger partial charge is 0.368 e. The molecule has 0 spiro atoms. The lowest BCUT2D eigenvalue weighted by atomic mass is 10.0. The van der Waals surface area contributed by atoms with E-state index in [1.807, 2.05) is 0 Å². The Morgan fingerprint density at radius 3 is 2.58 bits per heavy atom. The van der Waals surface area contributed by atoms with Crippen molar-refractivity contribution >= 4 is 17.7 Å². The first kappa shape index (κ1) is 21.6. The van der Waals surface area contributed by atoms with Crippen LogP contribution in [0.25, 0.3) is 0 Å². The number of amides is 3. The molecule has 2 heterocycles. The van der Waals surface area contributed by atoms with Gasteiger partial charge in [-0.3, -0.25) is 14.4 Å². The number of benzene rings is 1. The van der Waals surface area contributed by atoms with E-state index in [2.05, 4.69) is 10.6 Å². The lowest BCUT2D eigenvalue weighted by Gasteiger charge is -2.28. The van der Waals surface area contributed by atoms with Gasteiger partial charge in [0, 0.05) is 24.6 Å². The summed E-state index contributed by atoms with van der Waals surface area (Å²) in [6, 6.07) is -0.830. The van der Waals surface area contributed by atoms with Crippen LogP contribution in [0.4, 0.5) is 13.2 Å². The standard InChI is InChI=1S/C21H25F3N4O3/c22-13-9-15(24)14(23)5-10(13)4-12(27-21(31)16-2-1-3-26-16)8-19(29)28-17-6-11(17)7-18(28)20(25)30/h5,9,11-12,16-18,26H,1-4,6-8H2,(H2,25,30)(H,27,31)/t11?,12-,16?,17?,18?/m1/s1. The minimum atomic E-state index is -1.31. The van der Waals surface area contributed by atoms with Gasteiger partial charge in [0.15, 0.2) is 11.6 Å². The molecular weight excluding hydrogens is 413 g/mol. The Morgan fingerprint density at radius 2 is 1.90 bits per heavy atom. The highest BCUT2D eigenvalue weighted by Gasteiger charge is 2.55. The molecule has 1 aliphatic carbocycles. The Morgan fingerprint density at radius 1 is 1.16 bits per heavy atom. The van der Waals surface area contributed by atoms with Crippen LogP contribution in [-0.4, -0.2) is 53.3 Å². The molecule has 10 heteroatoms. The van der Waals surface area contributed by atoms with E-state index in [9.17, 15) is 27.6 Å². The third-order valence-electron chi connectivity index (χ3n) is 6.42. The zero-order valence-electron chi connectivity index (χ0n) is 16.9. The molecule has 168 valence electrons. The fourth-order valence-corrected chi connectivity index (χ4v) is 4.76. The van der Waals surface area contributed by atoms with Gasteiger partial charge in [0.05, 0.1) is 6.04 Å². The summed E-state index contributed by atoms with van der Waals surface area (Å²) < 4.78 is 41.2. The fourth-order valence-electron chi connectivity index (χ4n) is 4.76. The van der Waals surface area contributed by atoms with Gasteiger partial charge in [0.1, 0.15) is 11.9 Å². The molecule has 0 bridgehead atoms. The summed E-state index contributed by atoms with van der Waals surface area (Å²) >= 11 is 0. The summed E-state index contributed by atoms with van der Waals surface area (Å²) in [7, 11) is 0. The number of nitrogens with two attached hydrogens (primary N) is 1. The lowest BCUT2D eigenvalue weighted by Crippen LogP contribution is -2.50. The molecule has 1 saturated carbocycles. The van der Waals surface area contributed by atoms with Crippen LogP contribution in [0.5, 0.6) is 0 Å². The molecule has 1 aromatic rings. The van der Waals surface area contributed by atoms with Crippen LogP contribution in [0.3, 0.4) is 0 Å². The molecule has 0 radical (unpaired) electrons. The number of primary amides is 1. The Balaban J connectivity index is 1.51. The van der Waals surface area contributed by atoms with E-state index in [1.165, 1.54) is 4.90 Å². The molecule has 5 atom stereocenters. The zero-order valence-corrected chi connectivity index (χ0v) is 16.9. The molecule has 4 rings (SSSR count). The number of halogens is 3. The molecule has 3 amide bonds. The summed E-state index contributed by atoms with van der Waals surface area (Å²) in [5, 5.41) is 5.79. The van der Waals surface area contributed by atoms with E-state index >= 15 is 0 Å². The topological polar surface area (TPSA) is 105 Å². The van der Waals surface area contributed by atoms with E-state index in [1.54, 1.807) is 0 Å². The van der Waals surface area contributed by atoms with Crippen LogP contribution in [0, 0.1) is 23.4 Å². The van der Waals surface area contributed by atoms with Crippen molar-refractivity contribution < 1.29 is 27.6 Å². The van der Waals surface area contributed by atoms with Gasteiger partial charge in [-0.15, -0.1) is 0 Å². The van der Waals surface area contributed by atoms with E-state index < -0.39 is 41.5 Å². The fraction of sp³-hybridized carbons (Fsp3) is 0.571. The summed E-state index contributed by atoms with van der Waals surface area (Å²) in [6.07, 6.45) is 2.38. The highest BCUT2D eigenvalue weighted by molar-refractivity contribution is 5.89. The second-order valence-corrected chi connectivity index (χ2v) is 8.64. The van der Waals surface area contributed by atoms with Crippen LogP contribution < -0.4 is 16.4 Å². The van der Waals surface area contributed by atoms with Crippen molar-refractivity contribution in [1.29, 1.82) is 0 Å². The molecule has 4 unspecified atom stereocenters. The van der Waals surface area contributed by atoms with Gasteiger partial charge in [-0.05, 0) is 56.2 Å². The SMILES string of the molecule is NC(=O)C1CC2CC2N1C(=O)C[C@@H](Cc1cc(F)c(F)cc1F)NC(=O)C1CCCN1. The summed E-state index contributed by atoms with van der Waals surface area (Å²) in [5.74, 6) is -4.52. The predicted molar refractivity (Wildman–Crippen MR) is 104 cm³/mol. The monoisotopic (exact) mass is 438 g/mol. The number of hydrogen-bond donors (Lipinski definition) is 3. The van der Waals surface area contributed by atoms with Crippen LogP contribution in [0.15, 0.2) is 12.1 Å². The Kier molecular flexibility index (Phi) is 5.92. The summed E-state index contributed by atoms with van der Waals surface area (Å²) in [4.78, 5) is 38.9. The number of nitrogens with one attached hydrogen (secondary N) is 2. The molecule has 1 aromatic carbocycles. The van der Waals surface area contributed by atoms with Gasteiger partial charge >= 0.3 is 0 Å². The van der Waals surface area contributed by atoms with Crippen LogP contribution >= 0.6 is 0 Å². The average Bonchev–Trinajstić information content (AvgIpc) is 3.12. The first-order valence-corrected chi connectivity index (χ1v) is 10.5. The van der Waals surface area contributed by atoms with Crippen molar-refractivity contribution in [2.75, 3.05) is 6.54 Å². The number of carbonyl (C=O) groups is 3. The molecule has 0 aromatic heterocycles. The number of nitrogens with zero attached hydrogens (tertiary/aromatic N) is 1. The number of piperidine rings is 1. The minimum absolute atomic E-state index is 0.0437. The molecule has 4 N–H and O–H groups in total. The van der Waals surface area contributed by atoms with E-state index in [-0.39, 0.29) is 42.2 Å². The van der Waals surface area contributed by atoms with E-state index in [0.717, 1.165) is 18.9 Å². The Bertz CT molecular complexity index is 906. The summed E-state index contributed by atoms with van der Waals surface area (Å²) in [5.41, 5.74) is 5.29. The molecule has 3 fully saturated rings. The molecule has 7 nitrogen and oxygen atoms in total. The number of rotatable bonds is 7. The van der Waals surface area contributed by atoms with Crippen LogP contribution in [0.1, 0.15) is 37.7 Å². The van der Waals surface area contributed by atoms with Crippen molar-refractivity contribution in [3.8, 4) is 0 Å². The van der Waals surface area contributed by atoms with Crippen LogP contribution in [-0.2, 0) is 20.8 Å². The highest BCUT2D eigenvalue weighted by Crippen LogP contribution is 2.48. The highest BCUT2D eigenvalue weighted by atomic mass is 19.2. The summed E-state index contributed by atoms with van der Waals surface area (Å²) in [6.45, 7) is 0.691. The van der Waals surface area contributed by atoms with Gasteiger partial charge in [-0.1, -0.05) is 0 Å². The van der Waals surface area contributed by atoms with E-state index in [0.29, 0.717) is 25.5 Å². The second-order valence-electron chi connectivity index (χ2n) is 8.64. The number of fused-ring (bicyclic) bond motifs is 1. The van der Waals surface area contributed by atoms with Gasteiger partial charge in [-0.25, -0.2) is 13.2 Å². The van der Waals surface area contributed by atoms with Crippen LogP contribution in [0.2, 0.25) is 0 Å². The predicted octanol–water partition coefficient (Wildman–Crippen LogP) is 0.748. The maximum Gasteiger partial charge on any atom is 0.240 e. The first-order valence-electron chi connectivity index (χ1n) is 10.5. The Labute approximate surface area is 177 Å². The molecular formula is C21H25F3N4O3. The average molecular weight is 438 g/mol. The van der Waals surface area contributed by atoms with E-state index in [4.69, 9.17) is 5.73 Å².